The number of likely N-dealkylation sites (tertiary alicyclic amines) is 2. The Morgan fingerprint density at radius 2 is 2.23 bits per heavy atom. The lowest BCUT2D eigenvalue weighted by atomic mass is 9.81. The van der Waals surface area contributed by atoms with Crippen molar-refractivity contribution in [3.05, 3.63) is 16.6 Å². The molecule has 0 aliphatic carbocycles. The number of rotatable bonds is 3. The number of amides is 2. The molecular formula is C14H20N4O3S. The Morgan fingerprint density at radius 1 is 1.45 bits per heavy atom. The van der Waals surface area contributed by atoms with Crippen LogP contribution in [-0.2, 0) is 11.3 Å². The van der Waals surface area contributed by atoms with Crippen LogP contribution in [0.2, 0.25) is 0 Å². The molecule has 0 saturated carbocycles. The molecule has 2 fully saturated rings. The van der Waals surface area contributed by atoms with Crippen LogP contribution in [0.4, 0.5) is 4.79 Å². The van der Waals surface area contributed by atoms with E-state index in [-0.39, 0.29) is 18.5 Å². The third-order valence-corrected chi connectivity index (χ3v) is 5.26. The molecule has 1 aromatic heterocycles. The fraction of sp³-hybridized carbons (Fsp3) is 0.643. The molecule has 0 spiro atoms. The molecule has 0 bridgehead atoms. The highest BCUT2D eigenvalue weighted by Crippen LogP contribution is 2.43. The number of aromatic nitrogens is 1. The molecule has 7 nitrogen and oxygen atoms in total. The van der Waals surface area contributed by atoms with Crippen molar-refractivity contribution in [2.24, 2.45) is 11.3 Å². The van der Waals surface area contributed by atoms with Crippen molar-refractivity contribution < 1.29 is 14.7 Å². The number of hydrogen-bond donors (Lipinski definition) is 1. The van der Waals surface area contributed by atoms with Crippen molar-refractivity contribution in [2.75, 3.05) is 40.3 Å². The molecule has 2 aliphatic rings. The van der Waals surface area contributed by atoms with Gasteiger partial charge in [0.15, 0.2) is 0 Å². The van der Waals surface area contributed by atoms with Gasteiger partial charge in [0.1, 0.15) is 5.41 Å². The first-order valence-electron chi connectivity index (χ1n) is 7.21. The normalized spacial score (nSPS) is 27.9. The zero-order chi connectivity index (χ0) is 15.9. The Hall–Kier alpha value is -1.67. The predicted molar refractivity (Wildman–Crippen MR) is 81.6 cm³/mol. The van der Waals surface area contributed by atoms with Crippen LogP contribution in [0.1, 0.15) is 5.69 Å². The Bertz CT molecular complexity index is 577. The Labute approximate surface area is 133 Å². The van der Waals surface area contributed by atoms with Gasteiger partial charge in [0.25, 0.3) is 0 Å². The van der Waals surface area contributed by atoms with E-state index in [0.717, 1.165) is 5.69 Å². The van der Waals surface area contributed by atoms with Gasteiger partial charge < -0.3 is 14.9 Å². The van der Waals surface area contributed by atoms with Crippen molar-refractivity contribution >= 4 is 23.3 Å². The largest absolute Gasteiger partial charge is 0.481 e. The molecule has 0 aromatic carbocycles. The van der Waals surface area contributed by atoms with E-state index < -0.39 is 11.4 Å². The van der Waals surface area contributed by atoms with E-state index in [0.29, 0.717) is 26.2 Å². The summed E-state index contributed by atoms with van der Waals surface area (Å²) in [6.45, 7) is 2.65. The van der Waals surface area contributed by atoms with E-state index >= 15 is 0 Å². The SMILES string of the molecule is CN(C)C(=O)N1C[C@H]2CN(Cc3cscn3)C[C@@]2(C(=O)O)C1. The molecule has 2 saturated heterocycles. The predicted octanol–water partition coefficient (Wildman–Crippen LogP) is 0.643. The third kappa shape index (κ3) is 2.46. The van der Waals surface area contributed by atoms with Crippen molar-refractivity contribution in [3.8, 4) is 0 Å². The smallest absolute Gasteiger partial charge is 0.319 e. The third-order valence-electron chi connectivity index (χ3n) is 4.63. The molecule has 22 heavy (non-hydrogen) atoms. The number of aliphatic carboxylic acids is 1. The fourth-order valence-corrected chi connectivity index (χ4v) is 4.12. The maximum absolute atomic E-state index is 12.1. The van der Waals surface area contributed by atoms with Crippen LogP contribution in [0, 0.1) is 11.3 Å². The van der Waals surface area contributed by atoms with Crippen molar-refractivity contribution in [2.45, 2.75) is 6.54 Å². The lowest BCUT2D eigenvalue weighted by molar-refractivity contribution is -0.148. The van der Waals surface area contributed by atoms with E-state index in [1.807, 2.05) is 5.38 Å². The molecule has 2 aliphatic heterocycles. The van der Waals surface area contributed by atoms with Crippen LogP contribution >= 0.6 is 11.3 Å². The first-order chi connectivity index (χ1) is 10.4. The Kier molecular flexibility index (Phi) is 3.82. The van der Waals surface area contributed by atoms with Gasteiger partial charge in [-0.1, -0.05) is 0 Å². The maximum atomic E-state index is 12.1. The second-order valence-electron chi connectivity index (χ2n) is 6.37. The zero-order valence-corrected chi connectivity index (χ0v) is 13.5. The first-order valence-corrected chi connectivity index (χ1v) is 8.16. The second-order valence-corrected chi connectivity index (χ2v) is 7.08. The van der Waals surface area contributed by atoms with Crippen molar-refractivity contribution in [1.29, 1.82) is 0 Å². The van der Waals surface area contributed by atoms with Gasteiger partial charge in [0.2, 0.25) is 0 Å². The highest BCUT2D eigenvalue weighted by atomic mass is 32.1. The van der Waals surface area contributed by atoms with Gasteiger partial charge in [-0.05, 0) is 0 Å². The summed E-state index contributed by atoms with van der Waals surface area (Å²) in [4.78, 5) is 33.6. The standard InChI is InChI=1S/C14H20N4O3S/c1-16(2)13(21)18-4-10-3-17(5-11-6-22-9-15-11)7-14(10,8-18)12(19)20/h6,9-10H,3-5,7-8H2,1-2H3,(H,19,20)/t10-,14-/m1/s1. The molecule has 3 heterocycles. The molecule has 0 radical (unpaired) electrons. The van der Waals surface area contributed by atoms with Crippen LogP contribution < -0.4 is 0 Å². The van der Waals surface area contributed by atoms with Crippen LogP contribution in [0.3, 0.4) is 0 Å². The van der Waals surface area contributed by atoms with Crippen LogP contribution in [-0.4, -0.2) is 77.1 Å². The van der Waals surface area contributed by atoms with E-state index in [4.69, 9.17) is 0 Å². The van der Waals surface area contributed by atoms with Crippen LogP contribution in [0.25, 0.3) is 0 Å². The highest BCUT2D eigenvalue weighted by molar-refractivity contribution is 7.07. The molecule has 1 aromatic rings. The number of carboxylic acids is 1. The van der Waals surface area contributed by atoms with Crippen molar-refractivity contribution in [1.82, 2.24) is 19.7 Å². The monoisotopic (exact) mass is 324 g/mol. The van der Waals surface area contributed by atoms with Gasteiger partial charge in [-0.3, -0.25) is 9.69 Å². The number of carboxylic acid groups (broad SMARTS) is 1. The number of urea groups is 1. The number of carbonyl (C=O) groups excluding carboxylic acids is 1. The molecule has 2 amide bonds. The lowest BCUT2D eigenvalue weighted by Gasteiger charge is -2.26. The Balaban J connectivity index is 1.74. The summed E-state index contributed by atoms with van der Waals surface area (Å²) in [5, 5.41) is 11.8. The molecule has 2 atom stereocenters. The minimum Gasteiger partial charge on any atom is -0.481 e. The summed E-state index contributed by atoms with van der Waals surface area (Å²) in [5.41, 5.74) is 1.92. The summed E-state index contributed by atoms with van der Waals surface area (Å²) < 4.78 is 0. The molecule has 120 valence electrons. The summed E-state index contributed by atoms with van der Waals surface area (Å²) in [5.74, 6) is -0.820. The number of thiazole rings is 1. The van der Waals surface area contributed by atoms with Gasteiger partial charge in [-0.25, -0.2) is 9.78 Å². The molecule has 0 unspecified atom stereocenters. The van der Waals surface area contributed by atoms with E-state index in [2.05, 4.69) is 9.88 Å². The summed E-state index contributed by atoms with van der Waals surface area (Å²) in [6.07, 6.45) is 0. The summed E-state index contributed by atoms with van der Waals surface area (Å²) >= 11 is 1.54. The van der Waals surface area contributed by atoms with Crippen LogP contribution in [0.15, 0.2) is 10.9 Å². The van der Waals surface area contributed by atoms with Gasteiger partial charge in [-0.2, -0.15) is 0 Å². The second kappa shape index (κ2) is 5.51. The van der Waals surface area contributed by atoms with Gasteiger partial charge >= 0.3 is 12.0 Å². The average molecular weight is 324 g/mol. The molecular weight excluding hydrogens is 304 g/mol. The van der Waals surface area contributed by atoms with Crippen LogP contribution in [0.5, 0.6) is 0 Å². The topological polar surface area (TPSA) is 77.0 Å². The van der Waals surface area contributed by atoms with E-state index in [1.165, 1.54) is 4.90 Å². The molecule has 3 rings (SSSR count). The van der Waals surface area contributed by atoms with Gasteiger partial charge in [0, 0.05) is 58.1 Å². The zero-order valence-electron chi connectivity index (χ0n) is 12.7. The van der Waals surface area contributed by atoms with Gasteiger partial charge in [0.05, 0.1) is 11.2 Å². The number of nitrogens with zero attached hydrogens (tertiary/aromatic N) is 4. The molecule has 1 N–H and O–H groups in total. The quantitative estimate of drug-likeness (QED) is 0.883. The maximum Gasteiger partial charge on any atom is 0.319 e. The minimum atomic E-state index is -0.846. The Morgan fingerprint density at radius 3 is 2.77 bits per heavy atom. The number of hydrogen-bond acceptors (Lipinski definition) is 5. The summed E-state index contributed by atoms with van der Waals surface area (Å²) in [7, 11) is 3.39. The number of fused-ring (bicyclic) bond motifs is 1. The minimum absolute atomic E-state index is 0.0208. The average Bonchev–Trinajstić information content (AvgIpc) is 3.12. The fourth-order valence-electron chi connectivity index (χ4n) is 3.57. The highest BCUT2D eigenvalue weighted by Gasteiger charge is 2.58. The first kappa shape index (κ1) is 15.2. The molecule has 8 heteroatoms. The van der Waals surface area contributed by atoms with Crippen molar-refractivity contribution in [3.63, 3.8) is 0 Å². The lowest BCUT2D eigenvalue weighted by Crippen LogP contribution is -2.44. The number of carbonyl (C=O) groups is 2. The van der Waals surface area contributed by atoms with E-state index in [1.54, 1.807) is 35.8 Å². The van der Waals surface area contributed by atoms with E-state index in [9.17, 15) is 14.7 Å². The van der Waals surface area contributed by atoms with Gasteiger partial charge in [-0.15, -0.1) is 11.3 Å². The summed E-state index contributed by atoms with van der Waals surface area (Å²) in [6, 6.07) is -0.110.